The summed E-state index contributed by atoms with van der Waals surface area (Å²) in [5.41, 5.74) is 0. The maximum Gasteiger partial charge on any atom is 0.270 e. The molecule has 1 fully saturated rings. The first-order chi connectivity index (χ1) is 3.63. The molecule has 3 nitrogen and oxygen atoms in total. The van der Waals surface area contributed by atoms with Crippen LogP contribution in [0.2, 0.25) is 0 Å². The molecular weight excluding hydrogens is 128 g/mol. The summed E-state index contributed by atoms with van der Waals surface area (Å²) in [5, 5.41) is -0.289. The van der Waals surface area contributed by atoms with Crippen molar-refractivity contribution in [3.05, 3.63) is 0 Å². The maximum atomic E-state index is 10.5. The average molecular weight is 136 g/mol. The number of hydrogen-bond acceptors (Lipinski definition) is 3. The summed E-state index contributed by atoms with van der Waals surface area (Å²) in [6.45, 7) is 2.02. The van der Waals surface area contributed by atoms with Gasteiger partial charge in [0.05, 0.1) is 11.9 Å². The molecule has 1 aliphatic heterocycles. The zero-order valence-electron chi connectivity index (χ0n) is 4.62. The molecule has 0 amide bonds. The molecule has 0 aliphatic carbocycles. The Labute approximate surface area is 48.8 Å². The molecule has 0 aromatic heterocycles. The highest BCUT2D eigenvalue weighted by molar-refractivity contribution is 7.87. The van der Waals surface area contributed by atoms with E-state index < -0.39 is 10.1 Å². The van der Waals surface area contributed by atoms with Crippen LogP contribution in [0.25, 0.3) is 0 Å². The van der Waals surface area contributed by atoms with E-state index in [1.807, 2.05) is 0 Å². The van der Waals surface area contributed by atoms with Gasteiger partial charge in [0.2, 0.25) is 0 Å². The molecule has 1 heterocycles. The van der Waals surface area contributed by atoms with Crippen LogP contribution in [0.1, 0.15) is 13.3 Å². The van der Waals surface area contributed by atoms with E-state index in [4.69, 9.17) is 0 Å². The van der Waals surface area contributed by atoms with Gasteiger partial charge < -0.3 is 0 Å². The third kappa shape index (κ3) is 0.855. The van der Waals surface area contributed by atoms with Crippen LogP contribution < -0.4 is 0 Å². The Bertz CT molecular complexity index is 170. The molecule has 0 radical (unpaired) electrons. The van der Waals surface area contributed by atoms with Crippen molar-refractivity contribution < 1.29 is 12.6 Å². The maximum absolute atomic E-state index is 10.5. The zero-order valence-corrected chi connectivity index (χ0v) is 5.44. The van der Waals surface area contributed by atoms with Crippen molar-refractivity contribution in [2.45, 2.75) is 18.6 Å². The second-order valence-corrected chi connectivity index (χ2v) is 3.94. The molecule has 4 heteroatoms. The molecule has 0 bridgehead atoms. The zero-order chi connectivity index (χ0) is 6.20. The summed E-state index contributed by atoms with van der Waals surface area (Å²) in [6, 6.07) is 0. The molecule has 0 spiro atoms. The van der Waals surface area contributed by atoms with Crippen LogP contribution in [0.3, 0.4) is 0 Å². The second-order valence-electron chi connectivity index (χ2n) is 1.91. The average Bonchev–Trinajstić information content (AvgIpc) is 1.86. The van der Waals surface area contributed by atoms with Crippen LogP contribution in [0.15, 0.2) is 0 Å². The van der Waals surface area contributed by atoms with Crippen molar-refractivity contribution in [3.63, 3.8) is 0 Å². The Morgan fingerprint density at radius 1 is 1.62 bits per heavy atom. The van der Waals surface area contributed by atoms with Gasteiger partial charge in [0.25, 0.3) is 10.1 Å². The molecule has 48 valence electrons. The van der Waals surface area contributed by atoms with Gasteiger partial charge in [0.15, 0.2) is 0 Å². The molecule has 1 aliphatic rings. The van der Waals surface area contributed by atoms with E-state index in [9.17, 15) is 8.42 Å². The molecule has 0 saturated carbocycles. The summed E-state index contributed by atoms with van der Waals surface area (Å²) < 4.78 is 25.5. The summed E-state index contributed by atoms with van der Waals surface area (Å²) in [6.07, 6.45) is 0.641. The fraction of sp³-hybridized carbons (Fsp3) is 1.00. The predicted molar refractivity (Wildman–Crippen MR) is 29.0 cm³/mol. The molecule has 0 N–H and O–H groups in total. The molecule has 0 unspecified atom stereocenters. The van der Waals surface area contributed by atoms with Gasteiger partial charge in [-0.3, -0.25) is 4.18 Å². The molecule has 0 aromatic rings. The minimum Gasteiger partial charge on any atom is -0.270 e. The lowest BCUT2D eigenvalue weighted by atomic mass is 10.4. The van der Waals surface area contributed by atoms with Crippen molar-refractivity contribution in [1.29, 1.82) is 0 Å². The Morgan fingerprint density at radius 2 is 2.25 bits per heavy atom. The molecule has 8 heavy (non-hydrogen) atoms. The van der Waals surface area contributed by atoms with Crippen LogP contribution in [0.5, 0.6) is 0 Å². The van der Waals surface area contributed by atoms with E-state index in [1.54, 1.807) is 6.92 Å². The number of hydrogen-bond donors (Lipinski definition) is 0. The Morgan fingerprint density at radius 3 is 2.38 bits per heavy atom. The first kappa shape index (κ1) is 6.04. The van der Waals surface area contributed by atoms with Gasteiger partial charge in [-0.1, -0.05) is 0 Å². The van der Waals surface area contributed by atoms with Gasteiger partial charge in [0.1, 0.15) is 0 Å². The lowest BCUT2D eigenvalue weighted by Gasteiger charge is -1.94. The van der Waals surface area contributed by atoms with Gasteiger partial charge >= 0.3 is 0 Å². The topological polar surface area (TPSA) is 43.4 Å². The molecular formula is C4H8O3S. The largest absolute Gasteiger partial charge is 0.270 e. The highest BCUT2D eigenvalue weighted by atomic mass is 32.2. The van der Waals surface area contributed by atoms with E-state index >= 15 is 0 Å². The Balaban J connectivity index is 2.85. The van der Waals surface area contributed by atoms with Crippen molar-refractivity contribution in [2.75, 3.05) is 6.61 Å². The molecule has 0 aromatic carbocycles. The quantitative estimate of drug-likeness (QED) is 0.444. The Kier molecular flexibility index (Phi) is 1.28. The lowest BCUT2D eigenvalue weighted by molar-refractivity contribution is 0.354. The summed E-state index contributed by atoms with van der Waals surface area (Å²) in [4.78, 5) is 0. The van der Waals surface area contributed by atoms with E-state index in [2.05, 4.69) is 4.18 Å². The summed E-state index contributed by atoms with van der Waals surface area (Å²) in [7, 11) is -3.12. The monoisotopic (exact) mass is 136 g/mol. The van der Waals surface area contributed by atoms with Crippen LogP contribution in [-0.4, -0.2) is 20.3 Å². The van der Waals surface area contributed by atoms with Crippen molar-refractivity contribution in [3.8, 4) is 0 Å². The van der Waals surface area contributed by atoms with E-state index in [-0.39, 0.29) is 5.25 Å². The molecule has 1 atom stereocenters. The van der Waals surface area contributed by atoms with Gasteiger partial charge in [-0.25, -0.2) is 0 Å². The van der Waals surface area contributed by atoms with Crippen LogP contribution in [0.4, 0.5) is 0 Å². The third-order valence-electron chi connectivity index (χ3n) is 1.26. The normalized spacial score (nSPS) is 35.4. The first-order valence-electron chi connectivity index (χ1n) is 2.51. The Hall–Kier alpha value is -0.0900. The van der Waals surface area contributed by atoms with Gasteiger partial charge in [-0.2, -0.15) is 8.42 Å². The summed E-state index contributed by atoms with van der Waals surface area (Å²) in [5.74, 6) is 0. The minimum absolute atomic E-state index is 0.289. The van der Waals surface area contributed by atoms with Crippen LogP contribution in [-0.2, 0) is 14.3 Å². The highest BCUT2D eigenvalue weighted by Gasteiger charge is 2.27. The van der Waals surface area contributed by atoms with E-state index in [1.165, 1.54) is 0 Å². The predicted octanol–water partition coefficient (Wildman–Crippen LogP) is 0.125. The fourth-order valence-electron chi connectivity index (χ4n) is 0.591. The first-order valence-corrected chi connectivity index (χ1v) is 3.98. The number of rotatable bonds is 0. The smallest absolute Gasteiger partial charge is 0.270 e. The fourth-order valence-corrected chi connectivity index (χ4v) is 1.54. The highest BCUT2D eigenvalue weighted by Crippen LogP contribution is 2.15. The van der Waals surface area contributed by atoms with Gasteiger partial charge in [-0.05, 0) is 13.3 Å². The minimum atomic E-state index is -3.12. The lowest BCUT2D eigenvalue weighted by Crippen LogP contribution is -2.09. The van der Waals surface area contributed by atoms with E-state index in [0.29, 0.717) is 13.0 Å². The standard InChI is InChI=1S/C4H8O3S/c1-4-2-3-7-8(4,5)6/h4H,2-3H2,1H3/t4-/m1/s1. The van der Waals surface area contributed by atoms with Crippen molar-refractivity contribution in [1.82, 2.24) is 0 Å². The van der Waals surface area contributed by atoms with Crippen LogP contribution >= 0.6 is 0 Å². The second kappa shape index (κ2) is 1.70. The van der Waals surface area contributed by atoms with Gasteiger partial charge in [0, 0.05) is 0 Å². The van der Waals surface area contributed by atoms with E-state index in [0.717, 1.165) is 0 Å². The third-order valence-corrected chi connectivity index (χ3v) is 2.98. The SMILES string of the molecule is C[C@@H]1CCOS1(=O)=O. The van der Waals surface area contributed by atoms with Gasteiger partial charge in [-0.15, -0.1) is 0 Å². The summed E-state index contributed by atoms with van der Waals surface area (Å²) >= 11 is 0. The molecule has 1 saturated heterocycles. The molecule has 1 rings (SSSR count). The van der Waals surface area contributed by atoms with Crippen molar-refractivity contribution >= 4 is 10.1 Å². The van der Waals surface area contributed by atoms with Crippen LogP contribution in [0, 0.1) is 0 Å². The van der Waals surface area contributed by atoms with Crippen molar-refractivity contribution in [2.24, 2.45) is 0 Å².